The van der Waals surface area contributed by atoms with Gasteiger partial charge in [0, 0.05) is 13.1 Å². The van der Waals surface area contributed by atoms with Gasteiger partial charge in [-0.05, 0) is 49.9 Å². The first kappa shape index (κ1) is 14.2. The molecule has 0 radical (unpaired) electrons. The van der Waals surface area contributed by atoms with Gasteiger partial charge in [0.05, 0.1) is 5.56 Å². The maximum Gasteiger partial charge on any atom is 0.230 e. The Kier molecular flexibility index (Phi) is 4.01. The number of nitrogens with zero attached hydrogens (tertiary/aromatic N) is 4. The summed E-state index contributed by atoms with van der Waals surface area (Å²) < 4.78 is 14.0. The van der Waals surface area contributed by atoms with Crippen LogP contribution < -0.4 is 4.90 Å². The molecule has 1 aromatic heterocycles. The monoisotopic (exact) mass is 306 g/mol. The summed E-state index contributed by atoms with van der Waals surface area (Å²) in [6.07, 6.45) is 3.43. The highest BCUT2D eigenvalue weighted by Crippen LogP contribution is 2.24. The number of aromatic nitrogens is 3. The van der Waals surface area contributed by atoms with Crippen LogP contribution in [0.15, 0.2) is 18.2 Å². The van der Waals surface area contributed by atoms with Crippen molar-refractivity contribution < 1.29 is 4.39 Å². The molecule has 21 heavy (non-hydrogen) atoms. The summed E-state index contributed by atoms with van der Waals surface area (Å²) in [5, 5.41) is 0.0986. The SMILES string of the molecule is Cc1ccc(F)c(-c2nc(Cl)nc(N3CCCCC3)n2)c1. The lowest BCUT2D eigenvalue weighted by molar-refractivity contribution is 0.567. The fourth-order valence-corrected chi connectivity index (χ4v) is 2.66. The Bertz CT molecular complexity index is 656. The van der Waals surface area contributed by atoms with E-state index in [0.717, 1.165) is 31.5 Å². The Labute approximate surface area is 128 Å². The minimum absolute atomic E-state index is 0.0986. The second-order valence-electron chi connectivity index (χ2n) is 5.26. The van der Waals surface area contributed by atoms with E-state index in [9.17, 15) is 4.39 Å². The van der Waals surface area contributed by atoms with Gasteiger partial charge < -0.3 is 4.90 Å². The van der Waals surface area contributed by atoms with E-state index in [1.165, 1.54) is 12.5 Å². The van der Waals surface area contributed by atoms with Gasteiger partial charge >= 0.3 is 0 Å². The zero-order chi connectivity index (χ0) is 14.8. The van der Waals surface area contributed by atoms with Crippen LogP contribution in [0.4, 0.5) is 10.3 Å². The average Bonchev–Trinajstić information content (AvgIpc) is 2.50. The van der Waals surface area contributed by atoms with Gasteiger partial charge in [0.1, 0.15) is 5.82 Å². The van der Waals surface area contributed by atoms with E-state index in [2.05, 4.69) is 19.9 Å². The Morgan fingerprint density at radius 1 is 1.10 bits per heavy atom. The molecular formula is C15H16ClFN4. The van der Waals surface area contributed by atoms with Crippen LogP contribution in [0, 0.1) is 12.7 Å². The van der Waals surface area contributed by atoms with Crippen LogP contribution in [0.5, 0.6) is 0 Å². The van der Waals surface area contributed by atoms with Gasteiger partial charge in [-0.1, -0.05) is 11.6 Å². The standard InChI is InChI=1S/C15H16ClFN4/c1-10-5-6-12(17)11(9-10)13-18-14(16)20-15(19-13)21-7-3-2-4-8-21/h5-6,9H,2-4,7-8H2,1H3. The number of hydrogen-bond acceptors (Lipinski definition) is 4. The molecule has 0 bridgehead atoms. The summed E-state index contributed by atoms with van der Waals surface area (Å²) in [4.78, 5) is 14.7. The Morgan fingerprint density at radius 2 is 1.86 bits per heavy atom. The van der Waals surface area contributed by atoms with Crippen molar-refractivity contribution in [2.24, 2.45) is 0 Å². The van der Waals surface area contributed by atoms with Gasteiger partial charge in [0.25, 0.3) is 0 Å². The van der Waals surface area contributed by atoms with Crippen molar-refractivity contribution in [2.75, 3.05) is 18.0 Å². The van der Waals surface area contributed by atoms with E-state index in [4.69, 9.17) is 11.6 Å². The summed E-state index contributed by atoms with van der Waals surface area (Å²) in [6, 6.07) is 4.86. The first-order chi connectivity index (χ1) is 10.1. The molecule has 1 saturated heterocycles. The second kappa shape index (κ2) is 5.93. The molecule has 1 aliphatic rings. The lowest BCUT2D eigenvalue weighted by Crippen LogP contribution is -2.31. The fraction of sp³-hybridized carbons (Fsp3) is 0.400. The molecule has 0 atom stereocenters. The van der Waals surface area contributed by atoms with Crippen molar-refractivity contribution in [1.82, 2.24) is 15.0 Å². The number of aryl methyl sites for hydroxylation is 1. The summed E-state index contributed by atoms with van der Waals surface area (Å²) >= 11 is 6.00. The molecule has 2 heterocycles. The zero-order valence-corrected chi connectivity index (χ0v) is 12.6. The number of benzene rings is 1. The van der Waals surface area contributed by atoms with Gasteiger partial charge in [-0.25, -0.2) is 4.39 Å². The molecule has 0 spiro atoms. The number of piperidine rings is 1. The number of halogens is 2. The maximum atomic E-state index is 14.0. The van der Waals surface area contributed by atoms with E-state index in [0.29, 0.717) is 11.5 Å². The van der Waals surface area contributed by atoms with Gasteiger partial charge in [-0.3, -0.25) is 0 Å². The molecule has 0 N–H and O–H groups in total. The highest BCUT2D eigenvalue weighted by Gasteiger charge is 2.17. The van der Waals surface area contributed by atoms with Crippen LogP contribution in [0.2, 0.25) is 5.28 Å². The molecule has 1 aromatic carbocycles. The molecule has 110 valence electrons. The molecule has 1 aliphatic heterocycles. The quantitative estimate of drug-likeness (QED) is 0.849. The molecule has 4 nitrogen and oxygen atoms in total. The average molecular weight is 307 g/mol. The highest BCUT2D eigenvalue weighted by molar-refractivity contribution is 6.28. The van der Waals surface area contributed by atoms with Crippen LogP contribution in [0.25, 0.3) is 11.4 Å². The van der Waals surface area contributed by atoms with Crippen molar-refractivity contribution in [2.45, 2.75) is 26.2 Å². The third kappa shape index (κ3) is 3.13. The maximum absolute atomic E-state index is 14.0. The number of rotatable bonds is 2. The number of hydrogen-bond donors (Lipinski definition) is 0. The van der Waals surface area contributed by atoms with Crippen molar-refractivity contribution in [1.29, 1.82) is 0 Å². The van der Waals surface area contributed by atoms with Crippen molar-refractivity contribution in [3.8, 4) is 11.4 Å². The van der Waals surface area contributed by atoms with Gasteiger partial charge in [0.15, 0.2) is 5.82 Å². The molecule has 1 fully saturated rings. The number of anilines is 1. The third-order valence-corrected chi connectivity index (χ3v) is 3.77. The Balaban J connectivity index is 2.02. The Hall–Kier alpha value is -1.75. The third-order valence-electron chi connectivity index (χ3n) is 3.60. The molecule has 6 heteroatoms. The van der Waals surface area contributed by atoms with Crippen LogP contribution in [0.3, 0.4) is 0 Å². The molecule has 0 saturated carbocycles. The van der Waals surface area contributed by atoms with E-state index in [1.54, 1.807) is 12.1 Å². The zero-order valence-electron chi connectivity index (χ0n) is 11.8. The van der Waals surface area contributed by atoms with E-state index < -0.39 is 0 Å². The Morgan fingerprint density at radius 3 is 2.62 bits per heavy atom. The first-order valence-corrected chi connectivity index (χ1v) is 7.44. The van der Waals surface area contributed by atoms with E-state index in [1.807, 2.05) is 6.92 Å². The topological polar surface area (TPSA) is 41.9 Å². The minimum Gasteiger partial charge on any atom is -0.341 e. The largest absolute Gasteiger partial charge is 0.341 e. The van der Waals surface area contributed by atoms with Crippen LogP contribution in [0.1, 0.15) is 24.8 Å². The fourth-order valence-electron chi connectivity index (χ4n) is 2.51. The molecular weight excluding hydrogens is 291 g/mol. The van der Waals surface area contributed by atoms with Crippen molar-refractivity contribution in [3.63, 3.8) is 0 Å². The predicted molar refractivity (Wildman–Crippen MR) is 81.0 cm³/mol. The normalized spacial score (nSPS) is 15.3. The molecule has 0 unspecified atom stereocenters. The molecule has 0 amide bonds. The first-order valence-electron chi connectivity index (χ1n) is 7.06. The molecule has 0 aliphatic carbocycles. The van der Waals surface area contributed by atoms with Crippen LogP contribution in [-0.4, -0.2) is 28.0 Å². The van der Waals surface area contributed by atoms with Crippen molar-refractivity contribution >= 4 is 17.5 Å². The van der Waals surface area contributed by atoms with Crippen LogP contribution >= 0.6 is 11.6 Å². The second-order valence-corrected chi connectivity index (χ2v) is 5.60. The lowest BCUT2D eigenvalue weighted by Gasteiger charge is -2.26. The molecule has 2 aromatic rings. The van der Waals surface area contributed by atoms with E-state index >= 15 is 0 Å². The van der Waals surface area contributed by atoms with Gasteiger partial charge in [-0.2, -0.15) is 15.0 Å². The van der Waals surface area contributed by atoms with E-state index in [-0.39, 0.29) is 16.9 Å². The summed E-state index contributed by atoms with van der Waals surface area (Å²) in [6.45, 7) is 3.70. The van der Waals surface area contributed by atoms with Gasteiger partial charge in [0.2, 0.25) is 11.2 Å². The lowest BCUT2D eigenvalue weighted by atomic mass is 10.1. The summed E-state index contributed by atoms with van der Waals surface area (Å²) in [7, 11) is 0. The van der Waals surface area contributed by atoms with Crippen molar-refractivity contribution in [3.05, 3.63) is 34.9 Å². The smallest absolute Gasteiger partial charge is 0.230 e. The molecule has 3 rings (SSSR count). The van der Waals surface area contributed by atoms with Crippen LogP contribution in [-0.2, 0) is 0 Å². The predicted octanol–water partition coefficient (Wildman–Crippen LogP) is 3.63. The summed E-state index contributed by atoms with van der Waals surface area (Å²) in [5.41, 5.74) is 1.31. The highest BCUT2D eigenvalue weighted by atomic mass is 35.5. The summed E-state index contributed by atoms with van der Waals surface area (Å²) in [5.74, 6) is 0.467. The van der Waals surface area contributed by atoms with Gasteiger partial charge in [-0.15, -0.1) is 0 Å². The minimum atomic E-state index is -0.354.